The highest BCUT2D eigenvalue weighted by Crippen LogP contribution is 2.11. The van der Waals surface area contributed by atoms with E-state index in [1.165, 1.54) is 17.5 Å². The highest BCUT2D eigenvalue weighted by molar-refractivity contribution is 5.44. The molecule has 0 amide bonds. The van der Waals surface area contributed by atoms with Crippen molar-refractivity contribution < 1.29 is 0 Å². The van der Waals surface area contributed by atoms with E-state index in [9.17, 15) is 0 Å². The summed E-state index contributed by atoms with van der Waals surface area (Å²) in [6.45, 7) is 2.80. The Morgan fingerprint density at radius 1 is 1.15 bits per heavy atom. The van der Waals surface area contributed by atoms with Gasteiger partial charge in [0.05, 0.1) is 11.9 Å². The fourth-order valence-corrected chi connectivity index (χ4v) is 1.83. The molecule has 20 heavy (non-hydrogen) atoms. The van der Waals surface area contributed by atoms with Gasteiger partial charge in [-0.15, -0.1) is 0 Å². The van der Waals surface area contributed by atoms with Crippen LogP contribution in [0.5, 0.6) is 0 Å². The zero-order valence-corrected chi connectivity index (χ0v) is 11.1. The summed E-state index contributed by atoms with van der Waals surface area (Å²) in [7, 11) is 0. The van der Waals surface area contributed by atoms with Crippen molar-refractivity contribution in [1.29, 1.82) is 0 Å². The molecule has 3 aromatic heterocycles. The highest BCUT2D eigenvalue weighted by Gasteiger charge is 2.00. The lowest BCUT2D eigenvalue weighted by Crippen LogP contribution is -2.03. The summed E-state index contributed by atoms with van der Waals surface area (Å²) in [5.41, 5.74) is 3.35. The molecule has 100 valence electrons. The molecule has 0 bridgehead atoms. The fraction of sp³-hybridized carbons (Fsp3) is 0.143. The Hall–Kier alpha value is -2.76. The number of anilines is 1. The van der Waals surface area contributed by atoms with E-state index in [1.807, 2.05) is 24.4 Å². The normalized spacial score (nSPS) is 10.4. The van der Waals surface area contributed by atoms with Crippen molar-refractivity contribution in [2.24, 2.45) is 0 Å². The van der Waals surface area contributed by atoms with E-state index in [-0.39, 0.29) is 0 Å². The maximum atomic E-state index is 4.34. The Kier molecular flexibility index (Phi) is 3.36. The molecular weight excluding hydrogens is 252 g/mol. The molecule has 0 aliphatic carbocycles. The maximum Gasteiger partial charge on any atom is 0.155 e. The third-order valence-electron chi connectivity index (χ3n) is 3.03. The molecule has 0 saturated heterocycles. The van der Waals surface area contributed by atoms with E-state index in [4.69, 9.17) is 0 Å². The minimum absolute atomic E-state index is 0.726. The van der Waals surface area contributed by atoms with Crippen LogP contribution in [-0.2, 0) is 6.54 Å². The third kappa shape index (κ3) is 2.64. The van der Waals surface area contributed by atoms with Gasteiger partial charge in [0.2, 0.25) is 0 Å². The third-order valence-corrected chi connectivity index (χ3v) is 3.03. The van der Waals surface area contributed by atoms with Crippen molar-refractivity contribution in [2.45, 2.75) is 13.5 Å². The number of nitrogens with one attached hydrogen (secondary N) is 1. The number of pyridine rings is 2. The van der Waals surface area contributed by atoms with Gasteiger partial charge in [-0.1, -0.05) is 0 Å². The summed E-state index contributed by atoms with van der Waals surface area (Å²) in [5, 5.41) is 7.36. The second-order valence-electron chi connectivity index (χ2n) is 4.40. The lowest BCUT2D eigenvalue weighted by Gasteiger charge is -2.08. The molecule has 1 N–H and O–H groups in total. The first kappa shape index (κ1) is 12.3. The van der Waals surface area contributed by atoms with E-state index in [0.29, 0.717) is 0 Å². The smallest absolute Gasteiger partial charge is 0.155 e. The van der Waals surface area contributed by atoms with Crippen LogP contribution in [0, 0.1) is 6.92 Å². The Balaban J connectivity index is 1.68. The van der Waals surface area contributed by atoms with E-state index >= 15 is 0 Å². The number of rotatable bonds is 4. The number of aryl methyl sites for hydroxylation is 1. The first-order chi connectivity index (χ1) is 9.83. The van der Waals surface area contributed by atoms with Gasteiger partial charge in [0.1, 0.15) is 12.7 Å². The lowest BCUT2D eigenvalue weighted by atomic mass is 10.1. The molecule has 3 aromatic rings. The molecule has 0 aliphatic heterocycles. The van der Waals surface area contributed by atoms with Crippen LogP contribution in [0.3, 0.4) is 0 Å². The van der Waals surface area contributed by atoms with Crippen molar-refractivity contribution in [1.82, 2.24) is 24.7 Å². The van der Waals surface area contributed by atoms with Crippen molar-refractivity contribution in [3.05, 3.63) is 60.6 Å². The van der Waals surface area contributed by atoms with Crippen LogP contribution < -0.4 is 5.32 Å². The fourth-order valence-electron chi connectivity index (χ4n) is 1.83. The standard InChI is InChI=1S/C14H14N6/c1-11-4-5-15-6-12(11)7-17-13-2-3-14(18-8-13)20-10-16-9-19-20/h2-6,8-10,17H,7H2,1H3. The molecule has 0 unspecified atom stereocenters. The van der Waals surface area contributed by atoms with Crippen LogP contribution in [-0.4, -0.2) is 24.7 Å². The number of aromatic nitrogens is 5. The van der Waals surface area contributed by atoms with E-state index in [2.05, 4.69) is 32.3 Å². The molecule has 6 nitrogen and oxygen atoms in total. The van der Waals surface area contributed by atoms with Gasteiger partial charge in [0.15, 0.2) is 5.82 Å². The Morgan fingerprint density at radius 2 is 2.10 bits per heavy atom. The predicted molar refractivity (Wildman–Crippen MR) is 75.5 cm³/mol. The van der Waals surface area contributed by atoms with Gasteiger partial charge in [-0.2, -0.15) is 5.10 Å². The quantitative estimate of drug-likeness (QED) is 0.782. The molecule has 0 atom stereocenters. The molecule has 0 aliphatic rings. The van der Waals surface area contributed by atoms with Crippen LogP contribution >= 0.6 is 0 Å². The van der Waals surface area contributed by atoms with Gasteiger partial charge in [-0.25, -0.2) is 14.6 Å². The van der Waals surface area contributed by atoms with E-state index in [1.54, 1.807) is 23.4 Å². The van der Waals surface area contributed by atoms with Crippen LogP contribution in [0.15, 0.2) is 49.4 Å². The topological polar surface area (TPSA) is 68.5 Å². The molecule has 3 heterocycles. The second kappa shape index (κ2) is 5.48. The second-order valence-corrected chi connectivity index (χ2v) is 4.40. The largest absolute Gasteiger partial charge is 0.380 e. The molecule has 0 saturated carbocycles. The van der Waals surface area contributed by atoms with Crippen molar-refractivity contribution >= 4 is 5.69 Å². The van der Waals surface area contributed by atoms with E-state index < -0.39 is 0 Å². The van der Waals surface area contributed by atoms with Gasteiger partial charge in [-0.05, 0) is 36.2 Å². The predicted octanol–water partition coefficient (Wildman–Crippen LogP) is 1.98. The monoisotopic (exact) mass is 266 g/mol. The van der Waals surface area contributed by atoms with Gasteiger partial charge < -0.3 is 5.32 Å². The van der Waals surface area contributed by atoms with Gasteiger partial charge >= 0.3 is 0 Å². The summed E-state index contributed by atoms with van der Waals surface area (Å²) >= 11 is 0. The van der Waals surface area contributed by atoms with Crippen LogP contribution in [0.25, 0.3) is 5.82 Å². The Morgan fingerprint density at radius 3 is 2.80 bits per heavy atom. The summed E-state index contributed by atoms with van der Waals surface area (Å²) in [6, 6.07) is 5.87. The Labute approximate surface area is 116 Å². The first-order valence-corrected chi connectivity index (χ1v) is 6.27. The summed E-state index contributed by atoms with van der Waals surface area (Å²) in [4.78, 5) is 12.4. The molecule has 0 fully saturated rings. The SMILES string of the molecule is Cc1ccncc1CNc1ccc(-n2cncn2)nc1. The van der Waals surface area contributed by atoms with Crippen LogP contribution in [0.4, 0.5) is 5.69 Å². The summed E-state index contributed by atoms with van der Waals surface area (Å²) in [5.74, 6) is 0.741. The van der Waals surface area contributed by atoms with Crippen LogP contribution in [0.2, 0.25) is 0 Å². The zero-order valence-electron chi connectivity index (χ0n) is 11.1. The minimum Gasteiger partial charge on any atom is -0.380 e. The zero-order chi connectivity index (χ0) is 13.8. The number of hydrogen-bond donors (Lipinski definition) is 1. The summed E-state index contributed by atoms with van der Waals surface area (Å²) < 4.78 is 1.62. The average molecular weight is 266 g/mol. The number of nitrogens with zero attached hydrogens (tertiary/aromatic N) is 5. The summed E-state index contributed by atoms with van der Waals surface area (Å²) in [6.07, 6.45) is 8.56. The molecule has 6 heteroatoms. The average Bonchev–Trinajstić information content (AvgIpc) is 3.01. The number of hydrogen-bond acceptors (Lipinski definition) is 5. The van der Waals surface area contributed by atoms with Gasteiger partial charge in [0, 0.05) is 18.9 Å². The van der Waals surface area contributed by atoms with Crippen molar-refractivity contribution in [3.8, 4) is 5.82 Å². The van der Waals surface area contributed by atoms with E-state index in [0.717, 1.165) is 18.1 Å². The highest BCUT2D eigenvalue weighted by atomic mass is 15.3. The maximum absolute atomic E-state index is 4.34. The molecule has 3 rings (SSSR count). The molecule has 0 spiro atoms. The van der Waals surface area contributed by atoms with Gasteiger partial charge in [-0.3, -0.25) is 4.98 Å². The minimum atomic E-state index is 0.726. The molecular formula is C14H14N6. The van der Waals surface area contributed by atoms with Crippen molar-refractivity contribution in [3.63, 3.8) is 0 Å². The Bertz CT molecular complexity index is 675. The van der Waals surface area contributed by atoms with Crippen molar-refractivity contribution in [2.75, 3.05) is 5.32 Å². The molecule has 0 aromatic carbocycles. The van der Waals surface area contributed by atoms with Gasteiger partial charge in [0.25, 0.3) is 0 Å². The van der Waals surface area contributed by atoms with Crippen LogP contribution in [0.1, 0.15) is 11.1 Å². The molecule has 0 radical (unpaired) electrons. The first-order valence-electron chi connectivity index (χ1n) is 6.27. The lowest BCUT2D eigenvalue weighted by molar-refractivity contribution is 0.845.